The summed E-state index contributed by atoms with van der Waals surface area (Å²) in [5.41, 5.74) is 1.98. The van der Waals surface area contributed by atoms with Gasteiger partial charge >= 0.3 is 0 Å². The Bertz CT molecular complexity index is 1290. The highest BCUT2D eigenvalue weighted by Gasteiger charge is 2.34. The molecule has 0 aliphatic carbocycles. The van der Waals surface area contributed by atoms with Gasteiger partial charge in [0.1, 0.15) is 23.7 Å². The number of hydrogen-bond acceptors (Lipinski definition) is 5. The second-order valence-electron chi connectivity index (χ2n) is 7.24. The zero-order valence-corrected chi connectivity index (χ0v) is 21.9. The Morgan fingerprint density at radius 3 is 2.41 bits per heavy atom. The van der Waals surface area contributed by atoms with Crippen LogP contribution in [0.5, 0.6) is 11.5 Å². The van der Waals surface area contributed by atoms with Gasteiger partial charge in [-0.25, -0.2) is 0 Å². The van der Waals surface area contributed by atoms with Gasteiger partial charge in [0.05, 0.1) is 17.3 Å². The van der Waals surface area contributed by atoms with Gasteiger partial charge in [0.25, 0.3) is 11.8 Å². The fourth-order valence-corrected chi connectivity index (χ4v) is 5.00. The molecule has 6 nitrogen and oxygen atoms in total. The van der Waals surface area contributed by atoms with Gasteiger partial charge in [-0.3, -0.25) is 19.8 Å². The lowest BCUT2D eigenvalue weighted by molar-refractivity contribution is -0.122. The Morgan fingerprint density at radius 1 is 1.03 bits per heavy atom. The number of benzene rings is 3. The molecule has 1 aliphatic rings. The van der Waals surface area contributed by atoms with Crippen LogP contribution in [0.4, 0.5) is 5.69 Å². The highest BCUT2D eigenvalue weighted by Crippen LogP contribution is 2.35. The van der Waals surface area contributed by atoms with Crippen molar-refractivity contribution in [3.63, 3.8) is 0 Å². The molecule has 2 amide bonds. The molecule has 1 saturated heterocycles. The van der Waals surface area contributed by atoms with Gasteiger partial charge in [-0.1, -0.05) is 46.3 Å². The summed E-state index contributed by atoms with van der Waals surface area (Å²) >= 11 is 12.3. The van der Waals surface area contributed by atoms with E-state index in [0.717, 1.165) is 10.0 Å². The fraction of sp³-hybridized carbons (Fsp3) is 0.0800. The van der Waals surface area contributed by atoms with Crippen LogP contribution in [-0.2, 0) is 16.2 Å². The van der Waals surface area contributed by atoms with Crippen LogP contribution in [0.1, 0.15) is 11.1 Å². The number of carbonyl (C=O) groups is 2. The Morgan fingerprint density at radius 2 is 1.74 bits per heavy atom. The molecular weight excluding hydrogens is 584 g/mol. The minimum atomic E-state index is -0.579. The monoisotopic (exact) mass is 600 g/mol. The van der Waals surface area contributed by atoms with Crippen molar-refractivity contribution in [2.45, 2.75) is 6.61 Å². The summed E-state index contributed by atoms with van der Waals surface area (Å²) in [6, 6.07) is 20.1. The van der Waals surface area contributed by atoms with E-state index in [0.29, 0.717) is 33.8 Å². The Labute approximate surface area is 218 Å². The van der Waals surface area contributed by atoms with Crippen molar-refractivity contribution in [2.75, 3.05) is 12.0 Å². The lowest BCUT2D eigenvalue weighted by atomic mass is 10.1. The molecule has 1 aliphatic heterocycles. The molecule has 1 fully saturated rings. The second-order valence-corrected chi connectivity index (χ2v) is 9.39. The van der Waals surface area contributed by atoms with E-state index in [2.05, 4.69) is 37.2 Å². The van der Waals surface area contributed by atoms with Crippen molar-refractivity contribution in [1.29, 1.82) is 0 Å². The first-order chi connectivity index (χ1) is 16.4. The predicted octanol–water partition coefficient (Wildman–Crippen LogP) is 5.63. The SMILES string of the molecule is COc1ccc(N2C(=O)/C(=C/c3cc(Br)cc(Br)c3OCc3ccccc3)C(=O)NC2=S)cc1. The summed E-state index contributed by atoms with van der Waals surface area (Å²) < 4.78 is 12.7. The summed E-state index contributed by atoms with van der Waals surface area (Å²) in [7, 11) is 1.56. The van der Waals surface area contributed by atoms with Crippen molar-refractivity contribution >= 4 is 72.8 Å². The quantitative estimate of drug-likeness (QED) is 0.225. The number of nitrogens with zero attached hydrogens (tertiary/aromatic N) is 1. The molecule has 0 bridgehead atoms. The Balaban J connectivity index is 1.70. The topological polar surface area (TPSA) is 67.9 Å². The highest BCUT2D eigenvalue weighted by atomic mass is 79.9. The molecule has 0 unspecified atom stereocenters. The van der Waals surface area contributed by atoms with E-state index in [4.69, 9.17) is 21.7 Å². The third-order valence-corrected chi connectivity index (χ3v) is 6.33. The number of ether oxygens (including phenoxy) is 2. The first-order valence-electron chi connectivity index (χ1n) is 10.1. The molecule has 3 aromatic rings. The number of thiocarbonyl (C=S) groups is 1. The summed E-state index contributed by atoms with van der Waals surface area (Å²) in [5, 5.41) is 2.61. The number of rotatable bonds is 6. The molecule has 9 heteroatoms. The molecule has 0 aromatic heterocycles. The number of nitrogens with one attached hydrogen (secondary N) is 1. The number of anilines is 1. The molecule has 0 radical (unpaired) electrons. The minimum Gasteiger partial charge on any atom is -0.497 e. The largest absolute Gasteiger partial charge is 0.497 e. The zero-order chi connectivity index (χ0) is 24.2. The molecule has 1 N–H and O–H groups in total. The van der Waals surface area contributed by atoms with Crippen LogP contribution in [0.3, 0.4) is 0 Å². The van der Waals surface area contributed by atoms with E-state index in [9.17, 15) is 9.59 Å². The van der Waals surface area contributed by atoms with Gasteiger partial charge in [0.15, 0.2) is 5.11 Å². The predicted molar refractivity (Wildman–Crippen MR) is 142 cm³/mol. The van der Waals surface area contributed by atoms with Crippen LogP contribution >= 0.6 is 44.1 Å². The first kappa shape index (κ1) is 24.1. The average molecular weight is 602 g/mol. The van der Waals surface area contributed by atoms with Gasteiger partial charge < -0.3 is 9.47 Å². The molecule has 1 heterocycles. The molecule has 0 atom stereocenters. The van der Waals surface area contributed by atoms with Crippen molar-refractivity contribution in [3.8, 4) is 11.5 Å². The highest BCUT2D eigenvalue weighted by molar-refractivity contribution is 9.11. The van der Waals surface area contributed by atoms with E-state index in [-0.39, 0.29) is 10.7 Å². The molecule has 0 spiro atoms. The lowest BCUT2D eigenvalue weighted by Crippen LogP contribution is -2.54. The third kappa shape index (κ3) is 5.22. The standard InChI is InChI=1S/C25H18Br2N2O4S/c1-32-19-9-7-18(8-10-19)29-24(31)20(23(30)28-25(29)34)12-16-11-17(26)13-21(27)22(16)33-14-15-5-3-2-4-6-15/h2-13H,14H2,1H3,(H,28,30,34)/b20-12+. The zero-order valence-electron chi connectivity index (χ0n) is 17.9. The minimum absolute atomic E-state index is 0.00768. The van der Waals surface area contributed by atoms with Crippen molar-refractivity contribution in [2.24, 2.45) is 0 Å². The average Bonchev–Trinajstić information content (AvgIpc) is 2.82. The molecular formula is C25H18Br2N2O4S. The second kappa shape index (κ2) is 10.5. The molecule has 34 heavy (non-hydrogen) atoms. The number of amides is 2. The van der Waals surface area contributed by atoms with Gasteiger partial charge in [0, 0.05) is 10.0 Å². The van der Waals surface area contributed by atoms with E-state index in [1.165, 1.54) is 11.0 Å². The van der Waals surface area contributed by atoms with Crippen molar-refractivity contribution in [3.05, 3.63) is 92.4 Å². The maximum absolute atomic E-state index is 13.4. The smallest absolute Gasteiger partial charge is 0.270 e. The van der Waals surface area contributed by atoms with Crippen LogP contribution in [0.2, 0.25) is 0 Å². The number of methoxy groups -OCH3 is 1. The third-order valence-electron chi connectivity index (χ3n) is 5.00. The van der Waals surface area contributed by atoms with Crippen LogP contribution < -0.4 is 19.7 Å². The van der Waals surface area contributed by atoms with E-state index in [1.807, 2.05) is 36.4 Å². The maximum Gasteiger partial charge on any atom is 0.270 e. The van der Waals surface area contributed by atoms with Gasteiger partial charge in [-0.05, 0) is 76.2 Å². The molecule has 0 saturated carbocycles. The van der Waals surface area contributed by atoms with E-state index < -0.39 is 11.8 Å². The van der Waals surface area contributed by atoms with Crippen molar-refractivity contribution in [1.82, 2.24) is 5.32 Å². The van der Waals surface area contributed by atoms with Crippen LogP contribution in [-0.4, -0.2) is 24.0 Å². The van der Waals surface area contributed by atoms with Gasteiger partial charge in [-0.15, -0.1) is 0 Å². The number of hydrogen-bond donors (Lipinski definition) is 1. The Hall–Kier alpha value is -3.01. The van der Waals surface area contributed by atoms with Crippen molar-refractivity contribution < 1.29 is 19.1 Å². The molecule has 172 valence electrons. The fourth-order valence-electron chi connectivity index (χ4n) is 3.35. The van der Waals surface area contributed by atoms with Gasteiger partial charge in [0.2, 0.25) is 0 Å². The molecule has 3 aromatic carbocycles. The maximum atomic E-state index is 13.4. The summed E-state index contributed by atoms with van der Waals surface area (Å²) in [4.78, 5) is 27.4. The molecule has 4 rings (SSSR count). The summed E-state index contributed by atoms with van der Waals surface area (Å²) in [5.74, 6) is 0.0244. The normalized spacial score (nSPS) is 14.9. The van der Waals surface area contributed by atoms with E-state index >= 15 is 0 Å². The Kier molecular flexibility index (Phi) is 7.45. The number of carbonyl (C=O) groups excluding carboxylic acids is 2. The van der Waals surface area contributed by atoms with Crippen LogP contribution in [0.25, 0.3) is 6.08 Å². The van der Waals surface area contributed by atoms with Gasteiger partial charge in [-0.2, -0.15) is 0 Å². The number of halogens is 2. The first-order valence-corrected chi connectivity index (χ1v) is 12.1. The van der Waals surface area contributed by atoms with Crippen LogP contribution in [0.15, 0.2) is 81.2 Å². The lowest BCUT2D eigenvalue weighted by Gasteiger charge is -2.29. The summed E-state index contributed by atoms with van der Waals surface area (Å²) in [6.07, 6.45) is 1.51. The van der Waals surface area contributed by atoms with E-state index in [1.54, 1.807) is 37.4 Å². The van der Waals surface area contributed by atoms with Crippen LogP contribution in [0, 0.1) is 0 Å². The summed E-state index contributed by atoms with van der Waals surface area (Å²) in [6.45, 7) is 0.319.